The molecule has 1 unspecified atom stereocenters. The van der Waals surface area contributed by atoms with Crippen LogP contribution in [0.1, 0.15) is 38.9 Å². The van der Waals surface area contributed by atoms with E-state index in [1.807, 2.05) is 0 Å². The van der Waals surface area contributed by atoms with E-state index in [1.165, 1.54) is 5.57 Å². The SMILES string of the molecule is CCCNC(C=C(C)C)c1ncc(Cl)cc1Cl. The summed E-state index contributed by atoms with van der Waals surface area (Å²) in [7, 11) is 0. The molecular formula is C13H18Cl2N2. The second-order valence-corrected chi connectivity index (χ2v) is 5.04. The standard InChI is InChI=1S/C13H18Cl2N2/c1-4-5-16-12(6-9(2)3)13-11(15)7-10(14)8-17-13/h6-8,12,16H,4-5H2,1-3H3. The van der Waals surface area contributed by atoms with Crippen molar-refractivity contribution < 1.29 is 0 Å². The van der Waals surface area contributed by atoms with E-state index >= 15 is 0 Å². The summed E-state index contributed by atoms with van der Waals surface area (Å²) in [5, 5.41) is 4.57. The second kappa shape index (κ2) is 7.00. The van der Waals surface area contributed by atoms with E-state index in [0.29, 0.717) is 10.0 Å². The smallest absolute Gasteiger partial charge is 0.0799 e. The molecule has 0 amide bonds. The van der Waals surface area contributed by atoms with Gasteiger partial charge >= 0.3 is 0 Å². The molecule has 0 fully saturated rings. The highest BCUT2D eigenvalue weighted by Gasteiger charge is 2.13. The summed E-state index contributed by atoms with van der Waals surface area (Å²) in [6.07, 6.45) is 4.82. The molecule has 0 spiro atoms. The van der Waals surface area contributed by atoms with E-state index in [9.17, 15) is 0 Å². The first-order valence-corrected chi connectivity index (χ1v) is 6.49. The van der Waals surface area contributed by atoms with Gasteiger partial charge in [-0.3, -0.25) is 4.98 Å². The molecule has 1 atom stereocenters. The minimum Gasteiger partial charge on any atom is -0.305 e. The van der Waals surface area contributed by atoms with Crippen LogP contribution < -0.4 is 5.32 Å². The lowest BCUT2D eigenvalue weighted by atomic mass is 10.1. The van der Waals surface area contributed by atoms with Gasteiger partial charge in [0.15, 0.2) is 0 Å². The first-order chi connectivity index (χ1) is 8.04. The third-order valence-electron chi connectivity index (χ3n) is 2.25. The van der Waals surface area contributed by atoms with Gasteiger partial charge in [0.2, 0.25) is 0 Å². The second-order valence-electron chi connectivity index (χ2n) is 4.20. The van der Waals surface area contributed by atoms with E-state index in [1.54, 1.807) is 12.3 Å². The molecule has 1 aromatic heterocycles. The Bertz CT molecular complexity index is 398. The molecule has 0 aliphatic rings. The number of hydrogen-bond donors (Lipinski definition) is 1. The Morgan fingerprint density at radius 3 is 2.71 bits per heavy atom. The van der Waals surface area contributed by atoms with Gasteiger partial charge < -0.3 is 5.32 Å². The van der Waals surface area contributed by atoms with Crippen molar-refractivity contribution in [1.29, 1.82) is 0 Å². The zero-order valence-electron chi connectivity index (χ0n) is 10.4. The average molecular weight is 273 g/mol. The van der Waals surface area contributed by atoms with Crippen molar-refractivity contribution in [2.45, 2.75) is 33.2 Å². The van der Waals surface area contributed by atoms with Gasteiger partial charge in [0.05, 0.1) is 21.8 Å². The van der Waals surface area contributed by atoms with Gasteiger partial charge in [0, 0.05) is 6.20 Å². The van der Waals surface area contributed by atoms with Crippen LogP contribution in [0.5, 0.6) is 0 Å². The molecule has 1 aromatic rings. The van der Waals surface area contributed by atoms with E-state index in [0.717, 1.165) is 18.7 Å². The Hall–Kier alpha value is -0.570. The summed E-state index contributed by atoms with van der Waals surface area (Å²) in [6, 6.07) is 1.77. The Labute approximate surface area is 113 Å². The fraction of sp³-hybridized carbons (Fsp3) is 0.462. The predicted molar refractivity (Wildman–Crippen MR) is 74.7 cm³/mol. The van der Waals surface area contributed by atoms with Crippen LogP contribution in [0.15, 0.2) is 23.9 Å². The number of aromatic nitrogens is 1. The van der Waals surface area contributed by atoms with E-state index in [-0.39, 0.29) is 6.04 Å². The van der Waals surface area contributed by atoms with Crippen LogP contribution in [-0.2, 0) is 0 Å². The van der Waals surface area contributed by atoms with Gasteiger partial charge in [-0.1, -0.05) is 41.8 Å². The van der Waals surface area contributed by atoms with E-state index in [4.69, 9.17) is 23.2 Å². The zero-order valence-corrected chi connectivity index (χ0v) is 11.9. The maximum absolute atomic E-state index is 6.17. The quantitative estimate of drug-likeness (QED) is 0.804. The predicted octanol–water partition coefficient (Wildman–Crippen LogP) is 4.40. The Morgan fingerprint density at radius 1 is 1.47 bits per heavy atom. The molecule has 2 nitrogen and oxygen atoms in total. The normalized spacial score (nSPS) is 12.3. The van der Waals surface area contributed by atoms with Crippen molar-refractivity contribution in [2.75, 3.05) is 6.54 Å². The molecule has 0 aromatic carbocycles. The van der Waals surface area contributed by atoms with Crippen LogP contribution in [0.4, 0.5) is 0 Å². The summed E-state index contributed by atoms with van der Waals surface area (Å²) < 4.78 is 0. The highest BCUT2D eigenvalue weighted by atomic mass is 35.5. The van der Waals surface area contributed by atoms with Crippen molar-refractivity contribution in [3.05, 3.63) is 39.7 Å². The molecule has 4 heteroatoms. The first-order valence-electron chi connectivity index (χ1n) is 5.74. The molecule has 1 N–H and O–H groups in total. The monoisotopic (exact) mass is 272 g/mol. The minimum atomic E-state index is 0.0460. The van der Waals surface area contributed by atoms with Crippen LogP contribution >= 0.6 is 23.2 Å². The lowest BCUT2D eigenvalue weighted by Crippen LogP contribution is -2.22. The molecule has 0 aliphatic heterocycles. The van der Waals surface area contributed by atoms with Crippen molar-refractivity contribution in [3.63, 3.8) is 0 Å². The highest BCUT2D eigenvalue weighted by molar-refractivity contribution is 6.34. The fourth-order valence-electron chi connectivity index (χ4n) is 1.52. The highest BCUT2D eigenvalue weighted by Crippen LogP contribution is 2.25. The molecule has 0 radical (unpaired) electrons. The number of nitrogens with one attached hydrogen (secondary N) is 1. The Kier molecular flexibility index (Phi) is 5.96. The van der Waals surface area contributed by atoms with Crippen molar-refractivity contribution in [1.82, 2.24) is 10.3 Å². The van der Waals surface area contributed by atoms with Crippen LogP contribution in [0, 0.1) is 0 Å². The van der Waals surface area contributed by atoms with Crippen LogP contribution in [0.2, 0.25) is 10.0 Å². The Balaban J connectivity index is 2.99. The minimum absolute atomic E-state index is 0.0460. The van der Waals surface area contributed by atoms with Crippen molar-refractivity contribution in [2.24, 2.45) is 0 Å². The van der Waals surface area contributed by atoms with E-state index in [2.05, 4.69) is 37.1 Å². The third-order valence-corrected chi connectivity index (χ3v) is 2.75. The summed E-state index contributed by atoms with van der Waals surface area (Å²) in [6.45, 7) is 7.17. The third kappa shape index (κ3) is 4.66. The van der Waals surface area contributed by atoms with Gasteiger partial charge in [0.25, 0.3) is 0 Å². The number of halogens is 2. The van der Waals surface area contributed by atoms with Crippen molar-refractivity contribution in [3.8, 4) is 0 Å². The summed E-state index contributed by atoms with van der Waals surface area (Å²) in [5.74, 6) is 0. The number of pyridine rings is 1. The van der Waals surface area contributed by atoms with Gasteiger partial charge in [-0.15, -0.1) is 0 Å². The first kappa shape index (κ1) is 14.5. The average Bonchev–Trinajstić information content (AvgIpc) is 2.24. The number of nitrogens with zero attached hydrogens (tertiary/aromatic N) is 1. The summed E-state index contributed by atoms with van der Waals surface area (Å²) in [4.78, 5) is 4.31. The number of rotatable bonds is 5. The zero-order chi connectivity index (χ0) is 12.8. The lowest BCUT2D eigenvalue weighted by molar-refractivity contribution is 0.598. The maximum atomic E-state index is 6.17. The van der Waals surface area contributed by atoms with Gasteiger partial charge in [-0.2, -0.15) is 0 Å². The molecular weight excluding hydrogens is 255 g/mol. The number of allylic oxidation sites excluding steroid dienone is 1. The molecule has 1 rings (SSSR count). The van der Waals surface area contributed by atoms with Crippen LogP contribution in [-0.4, -0.2) is 11.5 Å². The number of hydrogen-bond acceptors (Lipinski definition) is 2. The van der Waals surface area contributed by atoms with Gasteiger partial charge in [-0.25, -0.2) is 0 Å². The lowest BCUT2D eigenvalue weighted by Gasteiger charge is -2.16. The van der Waals surface area contributed by atoms with Gasteiger partial charge in [-0.05, 0) is 32.9 Å². The van der Waals surface area contributed by atoms with Gasteiger partial charge in [0.1, 0.15) is 0 Å². The Morgan fingerprint density at radius 2 is 2.18 bits per heavy atom. The molecule has 0 saturated heterocycles. The van der Waals surface area contributed by atoms with Crippen LogP contribution in [0.25, 0.3) is 0 Å². The molecule has 17 heavy (non-hydrogen) atoms. The largest absolute Gasteiger partial charge is 0.305 e. The molecule has 0 saturated carbocycles. The molecule has 0 aliphatic carbocycles. The molecule has 0 bridgehead atoms. The topological polar surface area (TPSA) is 24.9 Å². The van der Waals surface area contributed by atoms with Crippen molar-refractivity contribution >= 4 is 23.2 Å². The summed E-state index contributed by atoms with van der Waals surface area (Å²) >= 11 is 12.0. The van der Waals surface area contributed by atoms with E-state index < -0.39 is 0 Å². The fourth-order valence-corrected chi connectivity index (χ4v) is 2.02. The summed E-state index contributed by atoms with van der Waals surface area (Å²) in [5.41, 5.74) is 2.05. The maximum Gasteiger partial charge on any atom is 0.0799 e. The molecule has 1 heterocycles. The molecule has 94 valence electrons. The van der Waals surface area contributed by atoms with Crippen LogP contribution in [0.3, 0.4) is 0 Å².